The van der Waals surface area contributed by atoms with E-state index in [-0.39, 0.29) is 5.83 Å². The van der Waals surface area contributed by atoms with Crippen LogP contribution in [-0.2, 0) is 0 Å². The van der Waals surface area contributed by atoms with Crippen molar-refractivity contribution in [2.75, 3.05) is 0 Å². The number of H-pyrrole nitrogens is 1. The Morgan fingerprint density at radius 2 is 2.40 bits per heavy atom. The van der Waals surface area contributed by atoms with E-state index in [1.807, 2.05) is 13.0 Å². The van der Waals surface area contributed by atoms with Gasteiger partial charge in [-0.3, -0.25) is 0 Å². The molecule has 1 rings (SSSR count). The highest BCUT2D eigenvalue weighted by Gasteiger charge is 1.88. The average Bonchev–Trinajstić information content (AvgIpc) is 2.33. The van der Waals surface area contributed by atoms with Gasteiger partial charge >= 0.3 is 0 Å². The van der Waals surface area contributed by atoms with E-state index in [2.05, 4.69) is 4.98 Å². The molecule has 0 aromatic carbocycles. The highest BCUT2D eigenvalue weighted by molar-refractivity contribution is 5.33. The molecular weight excluding hydrogens is 129 g/mol. The van der Waals surface area contributed by atoms with Crippen molar-refractivity contribution < 1.29 is 4.39 Å². The monoisotopic (exact) mass is 139 g/mol. The highest BCUT2D eigenvalue weighted by atomic mass is 19.1. The summed E-state index contributed by atoms with van der Waals surface area (Å²) in [6.45, 7) is 3.33. The van der Waals surface area contributed by atoms with Crippen molar-refractivity contribution in [1.29, 1.82) is 0 Å². The summed E-state index contributed by atoms with van der Waals surface area (Å²) in [7, 11) is 0. The van der Waals surface area contributed by atoms with E-state index in [9.17, 15) is 4.39 Å². The Morgan fingerprint density at radius 3 is 2.80 bits per heavy atom. The van der Waals surface area contributed by atoms with Crippen molar-refractivity contribution in [3.63, 3.8) is 0 Å². The molecule has 2 heteroatoms. The molecule has 0 bridgehead atoms. The molecule has 0 amide bonds. The van der Waals surface area contributed by atoms with Crippen molar-refractivity contribution in [2.45, 2.75) is 13.8 Å². The zero-order valence-corrected chi connectivity index (χ0v) is 6.11. The van der Waals surface area contributed by atoms with Gasteiger partial charge in [0.05, 0.1) is 0 Å². The Kier molecular flexibility index (Phi) is 1.90. The van der Waals surface area contributed by atoms with E-state index in [0.717, 1.165) is 5.35 Å². The molecule has 0 atom stereocenters. The van der Waals surface area contributed by atoms with E-state index in [0.29, 0.717) is 5.22 Å². The topological polar surface area (TPSA) is 15.8 Å². The Bertz CT molecular complexity index is 317. The summed E-state index contributed by atoms with van der Waals surface area (Å²) in [5.74, 6) is -0.144. The number of aromatic nitrogens is 1. The maximum Gasteiger partial charge on any atom is 0.106 e. The predicted octanol–water partition coefficient (Wildman–Crippen LogP) is 0.913. The van der Waals surface area contributed by atoms with Gasteiger partial charge in [0.2, 0.25) is 0 Å². The van der Waals surface area contributed by atoms with Gasteiger partial charge in [-0.15, -0.1) is 0 Å². The normalized spacial score (nSPS) is 15.7. The first-order chi connectivity index (χ1) is 4.75. The van der Waals surface area contributed by atoms with Crippen molar-refractivity contribution in [1.82, 2.24) is 4.98 Å². The Labute approximate surface area is 58.9 Å². The van der Waals surface area contributed by atoms with Crippen molar-refractivity contribution in [2.24, 2.45) is 0 Å². The molecular formula is C8H10FN. The molecule has 0 saturated heterocycles. The maximum atomic E-state index is 12.6. The van der Waals surface area contributed by atoms with Gasteiger partial charge in [-0.1, -0.05) is 6.08 Å². The first kappa shape index (κ1) is 7.06. The number of hydrogen-bond acceptors (Lipinski definition) is 0. The van der Waals surface area contributed by atoms with E-state index >= 15 is 0 Å². The van der Waals surface area contributed by atoms with Gasteiger partial charge in [0, 0.05) is 16.8 Å². The maximum absolute atomic E-state index is 12.6. The first-order valence-electron chi connectivity index (χ1n) is 3.22. The molecule has 1 N–H and O–H groups in total. The van der Waals surface area contributed by atoms with Crippen LogP contribution >= 0.6 is 0 Å². The molecule has 0 unspecified atom stereocenters. The Morgan fingerprint density at radius 1 is 1.70 bits per heavy atom. The highest BCUT2D eigenvalue weighted by Crippen LogP contribution is 1.86. The van der Waals surface area contributed by atoms with Crippen LogP contribution < -0.4 is 10.6 Å². The summed E-state index contributed by atoms with van der Waals surface area (Å²) < 4.78 is 12.6. The lowest BCUT2D eigenvalue weighted by atomic mass is 10.4. The fourth-order valence-electron chi connectivity index (χ4n) is 0.922. The van der Waals surface area contributed by atoms with Crippen LogP contribution in [0.4, 0.5) is 4.39 Å². The van der Waals surface area contributed by atoms with Gasteiger partial charge in [-0.25, -0.2) is 4.39 Å². The summed E-state index contributed by atoms with van der Waals surface area (Å²) in [6.07, 6.45) is 3.58. The van der Waals surface area contributed by atoms with Crippen LogP contribution in [0, 0.1) is 0 Å². The summed E-state index contributed by atoms with van der Waals surface area (Å²) in [5, 5.41) is 1.50. The summed E-state index contributed by atoms with van der Waals surface area (Å²) in [6, 6.07) is 1.73. The third-order valence-electron chi connectivity index (χ3n) is 1.44. The zero-order valence-electron chi connectivity index (χ0n) is 6.11. The van der Waals surface area contributed by atoms with Gasteiger partial charge in [-0.05, 0) is 19.9 Å². The molecule has 1 heterocycles. The van der Waals surface area contributed by atoms with Crippen LogP contribution in [0.15, 0.2) is 12.3 Å². The number of aromatic amines is 1. The summed E-state index contributed by atoms with van der Waals surface area (Å²) in [4.78, 5) is 2.92. The zero-order chi connectivity index (χ0) is 7.56. The van der Waals surface area contributed by atoms with Crippen molar-refractivity contribution in [3.05, 3.63) is 22.8 Å². The minimum absolute atomic E-state index is 0.144. The van der Waals surface area contributed by atoms with Crippen LogP contribution in [0.2, 0.25) is 0 Å². The largest absolute Gasteiger partial charge is 0.361 e. The van der Waals surface area contributed by atoms with E-state index in [1.165, 1.54) is 6.92 Å². The van der Waals surface area contributed by atoms with Crippen molar-refractivity contribution >= 4 is 11.9 Å². The lowest BCUT2D eigenvalue weighted by Crippen LogP contribution is -2.22. The van der Waals surface area contributed by atoms with Crippen molar-refractivity contribution in [3.8, 4) is 0 Å². The SMILES string of the molecule is CC=c1[nH]ccc1=C(C)F. The second kappa shape index (κ2) is 2.69. The molecule has 1 nitrogen and oxygen atoms in total. The molecule has 0 spiro atoms. The fourth-order valence-corrected chi connectivity index (χ4v) is 0.922. The quantitative estimate of drug-likeness (QED) is 0.550. The van der Waals surface area contributed by atoms with Gasteiger partial charge < -0.3 is 4.98 Å². The molecule has 1 aromatic heterocycles. The second-order valence-corrected chi connectivity index (χ2v) is 2.13. The lowest BCUT2D eigenvalue weighted by molar-refractivity contribution is 0.740. The van der Waals surface area contributed by atoms with Gasteiger partial charge in [0.1, 0.15) is 5.83 Å². The minimum Gasteiger partial charge on any atom is -0.361 e. The van der Waals surface area contributed by atoms with Gasteiger partial charge in [0.15, 0.2) is 0 Å². The second-order valence-electron chi connectivity index (χ2n) is 2.13. The molecule has 0 aliphatic heterocycles. The number of halogens is 1. The standard InChI is InChI=1S/C8H10FN/c1-3-8-7(6(2)9)4-5-10-8/h3-5,10H,1-2H3. The molecule has 54 valence electrons. The third-order valence-corrected chi connectivity index (χ3v) is 1.44. The van der Waals surface area contributed by atoms with Gasteiger partial charge in [0.25, 0.3) is 0 Å². The number of rotatable bonds is 0. The van der Waals surface area contributed by atoms with Crippen LogP contribution in [-0.4, -0.2) is 4.98 Å². The lowest BCUT2D eigenvalue weighted by Gasteiger charge is -1.79. The molecule has 0 fully saturated rings. The molecule has 0 aliphatic carbocycles. The number of nitrogens with one attached hydrogen (secondary N) is 1. The van der Waals surface area contributed by atoms with E-state index < -0.39 is 0 Å². The summed E-state index contributed by atoms with van der Waals surface area (Å²) >= 11 is 0. The molecule has 1 aromatic rings. The molecule has 0 aliphatic rings. The average molecular weight is 139 g/mol. The van der Waals surface area contributed by atoms with E-state index in [1.54, 1.807) is 12.3 Å². The van der Waals surface area contributed by atoms with Crippen LogP contribution in [0.5, 0.6) is 0 Å². The van der Waals surface area contributed by atoms with Gasteiger partial charge in [-0.2, -0.15) is 0 Å². The van der Waals surface area contributed by atoms with Crippen LogP contribution in [0.25, 0.3) is 11.9 Å². The summed E-state index contributed by atoms with van der Waals surface area (Å²) in [5.41, 5.74) is 0. The Hall–Kier alpha value is -1.05. The Balaban J connectivity index is 3.59. The minimum atomic E-state index is -0.144. The molecule has 0 radical (unpaired) electrons. The molecule has 10 heavy (non-hydrogen) atoms. The van der Waals surface area contributed by atoms with Crippen LogP contribution in [0.1, 0.15) is 13.8 Å². The third kappa shape index (κ3) is 1.10. The number of hydrogen-bond donors (Lipinski definition) is 1. The fraction of sp³-hybridized carbons (Fsp3) is 0.250. The smallest absolute Gasteiger partial charge is 0.106 e. The predicted molar refractivity (Wildman–Crippen MR) is 40.4 cm³/mol. The van der Waals surface area contributed by atoms with Crippen LogP contribution in [0.3, 0.4) is 0 Å². The first-order valence-corrected chi connectivity index (χ1v) is 3.22. The van der Waals surface area contributed by atoms with E-state index in [4.69, 9.17) is 0 Å². The molecule has 0 saturated carbocycles.